The van der Waals surface area contributed by atoms with E-state index < -0.39 is 5.97 Å². The molecule has 94 valence electrons. The molecule has 0 aliphatic heterocycles. The van der Waals surface area contributed by atoms with Crippen LogP contribution < -0.4 is 0 Å². The van der Waals surface area contributed by atoms with Gasteiger partial charge >= 0.3 is 5.97 Å². The van der Waals surface area contributed by atoms with E-state index in [1.54, 1.807) is 19.1 Å². The molecule has 0 saturated carbocycles. The molecule has 5 heteroatoms. The van der Waals surface area contributed by atoms with Crippen molar-refractivity contribution in [2.24, 2.45) is 0 Å². The largest absolute Gasteiger partial charge is 0.507 e. The number of phenolic OH excluding ortho intramolecular Hbond substituents is 1. The number of aromatic hydroxyl groups is 1. The van der Waals surface area contributed by atoms with Crippen molar-refractivity contribution < 1.29 is 14.6 Å². The smallest absolute Gasteiger partial charge is 0.310 e. The quantitative estimate of drug-likeness (QED) is 0.848. The number of rotatable bonds is 2. The number of esters is 1. The molecular weight excluding hydrogens is 254 g/mol. The van der Waals surface area contributed by atoms with Gasteiger partial charge in [0.15, 0.2) is 0 Å². The summed E-state index contributed by atoms with van der Waals surface area (Å²) in [5.74, 6) is -0.340. The first kappa shape index (κ1) is 12.6. The van der Waals surface area contributed by atoms with Gasteiger partial charge in [0, 0.05) is 11.3 Å². The molecule has 0 bridgehead atoms. The lowest BCUT2D eigenvalue weighted by Gasteiger charge is -2.10. The second kappa shape index (κ2) is 4.82. The van der Waals surface area contributed by atoms with E-state index >= 15 is 0 Å². The highest BCUT2D eigenvalue weighted by Crippen LogP contribution is 2.34. The topological polar surface area (TPSA) is 59.4 Å². The van der Waals surface area contributed by atoms with Crippen molar-refractivity contribution in [2.45, 2.75) is 13.3 Å². The summed E-state index contributed by atoms with van der Waals surface area (Å²) in [5.41, 5.74) is 1.84. The first-order valence-electron chi connectivity index (χ1n) is 5.38. The van der Waals surface area contributed by atoms with E-state index in [1.807, 2.05) is 0 Å². The minimum absolute atomic E-state index is 0.0401. The number of nitrogens with zero attached hydrogens (tertiary/aromatic N) is 1. The number of fused-ring (bicyclic) bond motifs is 1. The molecule has 1 N–H and O–H groups in total. The minimum atomic E-state index is -0.392. The number of ether oxygens (including phenoxy) is 1. The highest BCUT2D eigenvalue weighted by molar-refractivity contribution is 6.37. The lowest BCUT2D eigenvalue weighted by Crippen LogP contribution is -2.07. The van der Waals surface area contributed by atoms with Crippen molar-refractivity contribution in [3.63, 3.8) is 0 Å². The van der Waals surface area contributed by atoms with Crippen molar-refractivity contribution in [1.82, 2.24) is 4.98 Å². The monoisotopic (exact) mass is 265 g/mol. The second-order valence-corrected chi connectivity index (χ2v) is 4.29. The Kier molecular flexibility index (Phi) is 3.39. The van der Waals surface area contributed by atoms with Gasteiger partial charge in [-0.3, -0.25) is 9.78 Å². The number of carbonyl (C=O) groups excluding carboxylic acids is 1. The fourth-order valence-electron chi connectivity index (χ4n) is 1.83. The summed E-state index contributed by atoms with van der Waals surface area (Å²) in [5, 5.41) is 10.6. The average molecular weight is 266 g/mol. The Balaban J connectivity index is 2.67. The Bertz CT molecular complexity index is 625. The molecule has 4 nitrogen and oxygen atoms in total. The fourth-order valence-corrected chi connectivity index (χ4v) is 2.22. The van der Waals surface area contributed by atoms with Crippen LogP contribution in [0.3, 0.4) is 0 Å². The van der Waals surface area contributed by atoms with Crippen LogP contribution in [0.5, 0.6) is 5.75 Å². The standard InChI is InChI=1S/C13H12ClNO3/c1-7-8(6-11(17)18-2)13(14)12-9(15-7)4-3-5-10(12)16/h3-5,16H,6H2,1-2H3. The first-order valence-corrected chi connectivity index (χ1v) is 5.76. The average Bonchev–Trinajstić information content (AvgIpc) is 2.33. The lowest BCUT2D eigenvalue weighted by atomic mass is 10.1. The van der Waals surface area contributed by atoms with E-state index in [2.05, 4.69) is 9.72 Å². The van der Waals surface area contributed by atoms with E-state index in [1.165, 1.54) is 13.2 Å². The molecule has 2 rings (SSSR count). The van der Waals surface area contributed by atoms with E-state index in [-0.39, 0.29) is 12.2 Å². The van der Waals surface area contributed by atoms with Crippen LogP contribution >= 0.6 is 11.6 Å². The molecule has 0 aliphatic carbocycles. The van der Waals surface area contributed by atoms with Crippen molar-refractivity contribution >= 4 is 28.5 Å². The zero-order valence-electron chi connectivity index (χ0n) is 10.0. The van der Waals surface area contributed by atoms with Crippen LogP contribution in [0.2, 0.25) is 5.02 Å². The number of halogens is 1. The van der Waals surface area contributed by atoms with Crippen LogP contribution in [0.4, 0.5) is 0 Å². The van der Waals surface area contributed by atoms with Crippen LogP contribution in [0.15, 0.2) is 18.2 Å². The minimum Gasteiger partial charge on any atom is -0.507 e. The van der Waals surface area contributed by atoms with Gasteiger partial charge in [-0.15, -0.1) is 0 Å². The van der Waals surface area contributed by atoms with Crippen molar-refractivity contribution in [3.8, 4) is 5.75 Å². The Morgan fingerprint density at radius 1 is 1.50 bits per heavy atom. The van der Waals surface area contributed by atoms with Gasteiger partial charge in [-0.25, -0.2) is 0 Å². The van der Waals surface area contributed by atoms with Gasteiger partial charge in [0.1, 0.15) is 5.75 Å². The van der Waals surface area contributed by atoms with Gasteiger partial charge in [-0.05, 0) is 19.1 Å². The summed E-state index contributed by atoms with van der Waals surface area (Å²) in [6.45, 7) is 1.77. The molecule has 1 heterocycles. The second-order valence-electron chi connectivity index (χ2n) is 3.91. The zero-order chi connectivity index (χ0) is 13.3. The summed E-state index contributed by atoms with van der Waals surface area (Å²) in [6, 6.07) is 4.99. The van der Waals surface area contributed by atoms with E-state index in [4.69, 9.17) is 11.6 Å². The number of benzene rings is 1. The Morgan fingerprint density at radius 3 is 2.89 bits per heavy atom. The predicted octanol–water partition coefficient (Wildman–Crippen LogP) is 2.62. The summed E-state index contributed by atoms with van der Waals surface area (Å²) in [7, 11) is 1.32. The maximum absolute atomic E-state index is 11.3. The summed E-state index contributed by atoms with van der Waals surface area (Å²) >= 11 is 6.25. The molecular formula is C13H12ClNO3. The van der Waals surface area contributed by atoms with E-state index in [0.29, 0.717) is 27.2 Å². The highest BCUT2D eigenvalue weighted by Gasteiger charge is 2.16. The maximum atomic E-state index is 11.3. The fraction of sp³-hybridized carbons (Fsp3) is 0.231. The number of aromatic nitrogens is 1. The van der Waals surface area contributed by atoms with Crippen LogP contribution in [-0.4, -0.2) is 23.2 Å². The van der Waals surface area contributed by atoms with Gasteiger partial charge in [0.25, 0.3) is 0 Å². The molecule has 1 aromatic carbocycles. The van der Waals surface area contributed by atoms with Crippen molar-refractivity contribution in [3.05, 3.63) is 34.5 Å². The Morgan fingerprint density at radius 2 is 2.22 bits per heavy atom. The van der Waals surface area contributed by atoms with E-state index in [0.717, 1.165) is 0 Å². The molecule has 0 unspecified atom stereocenters. The summed E-state index contributed by atoms with van der Waals surface area (Å²) in [4.78, 5) is 15.7. The van der Waals surface area contributed by atoms with Gasteiger partial charge < -0.3 is 9.84 Å². The SMILES string of the molecule is COC(=O)Cc1c(C)nc2cccc(O)c2c1Cl. The third-order valence-electron chi connectivity index (χ3n) is 2.78. The molecule has 1 aromatic heterocycles. The normalized spacial score (nSPS) is 10.6. The Labute approximate surface area is 109 Å². The zero-order valence-corrected chi connectivity index (χ0v) is 10.8. The third kappa shape index (κ3) is 2.11. The molecule has 0 atom stereocenters. The molecule has 18 heavy (non-hydrogen) atoms. The van der Waals surface area contributed by atoms with Crippen molar-refractivity contribution in [1.29, 1.82) is 0 Å². The number of hydrogen-bond donors (Lipinski definition) is 1. The number of pyridine rings is 1. The van der Waals surface area contributed by atoms with E-state index in [9.17, 15) is 9.90 Å². The lowest BCUT2D eigenvalue weighted by molar-refractivity contribution is -0.139. The first-order chi connectivity index (χ1) is 8.54. The van der Waals surface area contributed by atoms with Crippen LogP contribution in [0.25, 0.3) is 10.9 Å². The molecule has 0 spiro atoms. The number of methoxy groups -OCH3 is 1. The number of carbonyl (C=O) groups is 1. The molecule has 2 aromatic rings. The van der Waals surface area contributed by atoms with Crippen LogP contribution in [0, 0.1) is 6.92 Å². The third-order valence-corrected chi connectivity index (χ3v) is 3.20. The van der Waals surface area contributed by atoms with Gasteiger partial charge in [0.2, 0.25) is 0 Å². The molecule has 0 aliphatic rings. The highest BCUT2D eigenvalue weighted by atomic mass is 35.5. The predicted molar refractivity (Wildman–Crippen MR) is 68.9 cm³/mol. The van der Waals surface area contributed by atoms with Crippen LogP contribution in [0.1, 0.15) is 11.3 Å². The molecule has 0 amide bonds. The number of phenols is 1. The Hall–Kier alpha value is -1.81. The summed E-state index contributed by atoms with van der Waals surface area (Å²) < 4.78 is 4.62. The molecule has 0 fully saturated rings. The molecule has 0 radical (unpaired) electrons. The number of aryl methyl sites for hydroxylation is 1. The summed E-state index contributed by atoms with van der Waals surface area (Å²) in [6.07, 6.45) is 0.0401. The van der Waals surface area contributed by atoms with Gasteiger partial charge in [-0.2, -0.15) is 0 Å². The van der Waals surface area contributed by atoms with Gasteiger partial charge in [-0.1, -0.05) is 17.7 Å². The van der Waals surface area contributed by atoms with Crippen molar-refractivity contribution in [2.75, 3.05) is 7.11 Å². The van der Waals surface area contributed by atoms with Gasteiger partial charge in [0.05, 0.1) is 29.5 Å². The number of hydrogen-bond acceptors (Lipinski definition) is 4. The molecule has 0 saturated heterocycles. The maximum Gasteiger partial charge on any atom is 0.310 e. The van der Waals surface area contributed by atoms with Crippen LogP contribution in [-0.2, 0) is 16.0 Å².